The molecule has 0 aliphatic rings. The Balaban J connectivity index is 2.78. The predicted molar refractivity (Wildman–Crippen MR) is 74.5 cm³/mol. The van der Waals surface area contributed by atoms with Crippen LogP contribution in [0.4, 0.5) is 0 Å². The van der Waals surface area contributed by atoms with E-state index in [1.807, 2.05) is 29.2 Å². The molecule has 19 heavy (non-hydrogen) atoms. The molecule has 3 N–H and O–H groups in total. The normalized spacial score (nSPS) is 10.3. The number of aliphatic hydroxyl groups is 3. The highest BCUT2D eigenvalue weighted by molar-refractivity contribution is 5.41. The highest BCUT2D eigenvalue weighted by atomic mass is 16.3. The van der Waals surface area contributed by atoms with E-state index in [0.29, 0.717) is 26.1 Å². The van der Waals surface area contributed by atoms with Crippen LogP contribution in [0.15, 0.2) is 24.3 Å². The number of hydrogen-bond acceptors (Lipinski definition) is 4. The van der Waals surface area contributed by atoms with Crippen LogP contribution in [0.5, 0.6) is 0 Å². The number of aliphatic hydroxyl groups excluding tert-OH is 3. The number of nitrogens with zero attached hydrogens (tertiary/aromatic N) is 1. The van der Waals surface area contributed by atoms with Crippen molar-refractivity contribution in [3.05, 3.63) is 35.4 Å². The second-order valence-electron chi connectivity index (χ2n) is 4.16. The molecule has 1 rings (SSSR count). The Kier molecular flexibility index (Phi) is 7.87. The molecule has 0 unspecified atom stereocenters. The van der Waals surface area contributed by atoms with E-state index < -0.39 is 0 Å². The summed E-state index contributed by atoms with van der Waals surface area (Å²) >= 11 is 0. The van der Waals surface area contributed by atoms with Gasteiger partial charge in [-0.2, -0.15) is 0 Å². The van der Waals surface area contributed by atoms with Crippen molar-refractivity contribution in [1.82, 2.24) is 4.90 Å². The van der Waals surface area contributed by atoms with Crippen molar-refractivity contribution in [2.24, 2.45) is 0 Å². The smallest absolute Gasteiger partial charge is 0.0558 e. The Morgan fingerprint density at radius 2 is 1.63 bits per heavy atom. The summed E-state index contributed by atoms with van der Waals surface area (Å²) < 4.78 is 0. The van der Waals surface area contributed by atoms with Gasteiger partial charge in [-0.3, -0.25) is 4.90 Å². The van der Waals surface area contributed by atoms with Crippen molar-refractivity contribution in [1.29, 1.82) is 0 Å². The van der Waals surface area contributed by atoms with Gasteiger partial charge in [-0.05, 0) is 11.6 Å². The van der Waals surface area contributed by atoms with E-state index in [-0.39, 0.29) is 19.8 Å². The molecule has 0 atom stereocenters. The molecule has 1 aromatic rings. The van der Waals surface area contributed by atoms with Gasteiger partial charge in [-0.15, -0.1) is 0 Å². The third-order valence-corrected chi connectivity index (χ3v) is 2.70. The van der Waals surface area contributed by atoms with Crippen LogP contribution in [0.3, 0.4) is 0 Å². The zero-order chi connectivity index (χ0) is 13.9. The molecule has 4 heteroatoms. The van der Waals surface area contributed by atoms with Gasteiger partial charge in [0.05, 0.1) is 19.8 Å². The minimum absolute atomic E-state index is 0.0658. The van der Waals surface area contributed by atoms with E-state index in [4.69, 9.17) is 15.3 Å². The van der Waals surface area contributed by atoms with E-state index in [1.165, 1.54) is 0 Å². The zero-order valence-electron chi connectivity index (χ0n) is 11.0. The summed E-state index contributed by atoms with van der Waals surface area (Å²) in [6.07, 6.45) is 0.464. The standard InChI is InChI=1S/C15H21NO3/c17-10-4-3-6-14-5-1-2-7-15(14)13-16(8-11-18)9-12-19/h1-2,5,7,17-19H,4,8-13H2. The molecular weight excluding hydrogens is 242 g/mol. The fourth-order valence-corrected chi connectivity index (χ4v) is 1.79. The average molecular weight is 263 g/mol. The van der Waals surface area contributed by atoms with E-state index in [1.54, 1.807) is 0 Å². The van der Waals surface area contributed by atoms with Crippen molar-refractivity contribution < 1.29 is 15.3 Å². The predicted octanol–water partition coefficient (Wildman–Crippen LogP) is 0.207. The minimum Gasteiger partial charge on any atom is -0.395 e. The van der Waals surface area contributed by atoms with Crippen molar-refractivity contribution >= 4 is 0 Å². The van der Waals surface area contributed by atoms with Gasteiger partial charge in [-0.1, -0.05) is 30.0 Å². The quantitative estimate of drug-likeness (QED) is 0.615. The molecule has 0 saturated heterocycles. The Morgan fingerprint density at radius 1 is 0.947 bits per heavy atom. The molecule has 0 aromatic heterocycles. The lowest BCUT2D eigenvalue weighted by molar-refractivity contribution is 0.156. The van der Waals surface area contributed by atoms with Crippen LogP contribution in [-0.2, 0) is 6.54 Å². The highest BCUT2D eigenvalue weighted by Gasteiger charge is 2.07. The molecule has 1 aromatic carbocycles. The van der Waals surface area contributed by atoms with Crippen molar-refractivity contribution in [2.45, 2.75) is 13.0 Å². The lowest BCUT2D eigenvalue weighted by atomic mass is 10.1. The molecule has 0 heterocycles. The summed E-state index contributed by atoms with van der Waals surface area (Å²) in [7, 11) is 0. The maximum absolute atomic E-state index is 9.00. The van der Waals surface area contributed by atoms with Crippen LogP contribution in [0, 0.1) is 11.8 Å². The fourth-order valence-electron chi connectivity index (χ4n) is 1.79. The maximum Gasteiger partial charge on any atom is 0.0558 e. The third-order valence-electron chi connectivity index (χ3n) is 2.70. The highest BCUT2D eigenvalue weighted by Crippen LogP contribution is 2.10. The first-order chi connectivity index (χ1) is 9.31. The number of hydrogen-bond donors (Lipinski definition) is 3. The molecule has 4 nitrogen and oxygen atoms in total. The first kappa shape index (κ1) is 15.7. The zero-order valence-corrected chi connectivity index (χ0v) is 11.0. The van der Waals surface area contributed by atoms with E-state index in [0.717, 1.165) is 11.1 Å². The van der Waals surface area contributed by atoms with Gasteiger partial charge >= 0.3 is 0 Å². The van der Waals surface area contributed by atoms with E-state index >= 15 is 0 Å². The summed E-state index contributed by atoms with van der Waals surface area (Å²) in [5, 5.41) is 26.7. The molecule has 0 aliphatic heterocycles. The first-order valence-electron chi connectivity index (χ1n) is 6.43. The molecule has 0 amide bonds. The molecule has 0 aliphatic carbocycles. The van der Waals surface area contributed by atoms with Crippen LogP contribution in [0.25, 0.3) is 0 Å². The Morgan fingerprint density at radius 3 is 2.26 bits per heavy atom. The summed E-state index contributed by atoms with van der Waals surface area (Å²) in [4.78, 5) is 1.98. The van der Waals surface area contributed by atoms with Gasteiger partial charge in [0, 0.05) is 31.6 Å². The largest absolute Gasteiger partial charge is 0.395 e. The Bertz CT molecular complexity index is 417. The maximum atomic E-state index is 9.00. The molecule has 0 fully saturated rings. The number of rotatable bonds is 7. The second kappa shape index (κ2) is 9.54. The number of benzene rings is 1. The average Bonchev–Trinajstić information content (AvgIpc) is 2.41. The van der Waals surface area contributed by atoms with Crippen LogP contribution in [0.1, 0.15) is 17.5 Å². The summed E-state index contributed by atoms with van der Waals surface area (Å²) in [6, 6.07) is 7.80. The first-order valence-corrected chi connectivity index (χ1v) is 6.43. The van der Waals surface area contributed by atoms with Crippen LogP contribution >= 0.6 is 0 Å². The SMILES string of the molecule is OCCC#Cc1ccccc1CN(CCO)CCO. The van der Waals surface area contributed by atoms with Crippen LogP contribution < -0.4 is 0 Å². The van der Waals surface area contributed by atoms with Gasteiger partial charge in [0.25, 0.3) is 0 Å². The van der Waals surface area contributed by atoms with E-state index in [9.17, 15) is 0 Å². The lowest BCUT2D eigenvalue weighted by Gasteiger charge is -2.20. The second-order valence-corrected chi connectivity index (χ2v) is 4.16. The molecule has 0 radical (unpaired) electrons. The molecule has 104 valence electrons. The van der Waals surface area contributed by atoms with E-state index in [2.05, 4.69) is 11.8 Å². The fraction of sp³-hybridized carbons (Fsp3) is 0.467. The monoisotopic (exact) mass is 263 g/mol. The van der Waals surface area contributed by atoms with Gasteiger partial charge in [0.15, 0.2) is 0 Å². The van der Waals surface area contributed by atoms with Gasteiger partial charge < -0.3 is 15.3 Å². The molecule has 0 bridgehead atoms. The molecule has 0 saturated carbocycles. The van der Waals surface area contributed by atoms with Crippen molar-refractivity contribution in [3.8, 4) is 11.8 Å². The summed E-state index contributed by atoms with van der Waals surface area (Å²) in [5.74, 6) is 5.95. The molecule has 0 spiro atoms. The Hall–Kier alpha value is -1.38. The van der Waals surface area contributed by atoms with Gasteiger partial charge in [0.2, 0.25) is 0 Å². The third kappa shape index (κ3) is 5.86. The molecular formula is C15H21NO3. The Labute approximate surface area is 114 Å². The van der Waals surface area contributed by atoms with Crippen molar-refractivity contribution in [2.75, 3.05) is 32.9 Å². The topological polar surface area (TPSA) is 63.9 Å². The van der Waals surface area contributed by atoms with Crippen LogP contribution in [-0.4, -0.2) is 53.1 Å². The lowest BCUT2D eigenvalue weighted by Crippen LogP contribution is -2.29. The summed E-state index contributed by atoms with van der Waals surface area (Å²) in [6.45, 7) is 1.90. The van der Waals surface area contributed by atoms with Gasteiger partial charge in [0.1, 0.15) is 0 Å². The van der Waals surface area contributed by atoms with Crippen molar-refractivity contribution in [3.63, 3.8) is 0 Å². The minimum atomic E-state index is 0.0658. The summed E-state index contributed by atoms with van der Waals surface area (Å²) in [5.41, 5.74) is 1.99. The van der Waals surface area contributed by atoms with Crippen LogP contribution in [0.2, 0.25) is 0 Å². The van der Waals surface area contributed by atoms with Gasteiger partial charge in [-0.25, -0.2) is 0 Å².